The first-order chi connectivity index (χ1) is 7.65. The van der Waals surface area contributed by atoms with Crippen LogP contribution in [0.15, 0.2) is 36.7 Å². The molecular weight excluding hydrogens is 200 g/mol. The molecule has 0 radical (unpaired) electrons. The Balaban J connectivity index is 2.49. The molecule has 1 heterocycles. The van der Waals surface area contributed by atoms with Gasteiger partial charge in [0.1, 0.15) is 6.33 Å². The Morgan fingerprint density at radius 1 is 1.31 bits per heavy atom. The molecular formula is C12H16N4. The van der Waals surface area contributed by atoms with E-state index < -0.39 is 5.54 Å². The molecule has 0 aliphatic heterocycles. The molecule has 84 valence electrons. The van der Waals surface area contributed by atoms with Gasteiger partial charge in [0.2, 0.25) is 0 Å². The lowest BCUT2D eigenvalue weighted by Gasteiger charge is -2.22. The first-order valence-electron chi connectivity index (χ1n) is 5.40. The summed E-state index contributed by atoms with van der Waals surface area (Å²) in [5, 5.41) is 8.07. The topological polar surface area (TPSA) is 56.7 Å². The summed E-state index contributed by atoms with van der Waals surface area (Å²) in [5.74, 6) is 0.793. The van der Waals surface area contributed by atoms with Crippen LogP contribution in [0.2, 0.25) is 0 Å². The fraction of sp³-hybridized carbons (Fsp3) is 0.333. The first-order valence-corrected chi connectivity index (χ1v) is 5.40. The molecule has 4 heteroatoms. The summed E-state index contributed by atoms with van der Waals surface area (Å²) in [7, 11) is 0. The van der Waals surface area contributed by atoms with Gasteiger partial charge < -0.3 is 5.73 Å². The summed E-state index contributed by atoms with van der Waals surface area (Å²) in [6, 6.07) is 9.98. The molecule has 1 atom stereocenters. The second-order valence-corrected chi connectivity index (χ2v) is 4.13. The van der Waals surface area contributed by atoms with Gasteiger partial charge in [0.25, 0.3) is 0 Å². The van der Waals surface area contributed by atoms with E-state index in [1.54, 1.807) is 6.33 Å². The lowest BCUT2D eigenvalue weighted by atomic mass is 9.99. The van der Waals surface area contributed by atoms with E-state index in [0.717, 1.165) is 17.9 Å². The van der Waals surface area contributed by atoms with E-state index in [0.29, 0.717) is 0 Å². The third kappa shape index (κ3) is 1.84. The number of rotatable bonds is 3. The van der Waals surface area contributed by atoms with Crippen molar-refractivity contribution in [1.29, 1.82) is 0 Å². The van der Waals surface area contributed by atoms with Gasteiger partial charge in [0.15, 0.2) is 5.82 Å². The molecule has 2 N–H and O–H groups in total. The molecule has 1 aromatic heterocycles. The van der Waals surface area contributed by atoms with E-state index in [-0.39, 0.29) is 0 Å². The van der Waals surface area contributed by atoms with Crippen molar-refractivity contribution >= 4 is 0 Å². The van der Waals surface area contributed by atoms with E-state index in [2.05, 4.69) is 10.2 Å². The number of hydrogen-bond acceptors (Lipinski definition) is 3. The minimum absolute atomic E-state index is 0.452. The number of hydrogen-bond donors (Lipinski definition) is 1. The van der Waals surface area contributed by atoms with E-state index in [1.807, 2.05) is 48.7 Å². The van der Waals surface area contributed by atoms with E-state index in [1.165, 1.54) is 0 Å². The highest BCUT2D eigenvalue weighted by Gasteiger charge is 2.25. The van der Waals surface area contributed by atoms with Gasteiger partial charge in [-0.2, -0.15) is 0 Å². The molecule has 1 unspecified atom stereocenters. The van der Waals surface area contributed by atoms with E-state index in [4.69, 9.17) is 5.73 Å². The van der Waals surface area contributed by atoms with Gasteiger partial charge >= 0.3 is 0 Å². The smallest absolute Gasteiger partial charge is 0.157 e. The molecule has 0 spiro atoms. The standard InChI is InChI=1S/C12H16N4/c1-3-12(2,13)11-15-14-9-16(11)10-7-5-4-6-8-10/h4-9H,3,13H2,1-2H3. The molecule has 0 amide bonds. The van der Waals surface area contributed by atoms with Crippen molar-refractivity contribution in [2.75, 3.05) is 0 Å². The highest BCUT2D eigenvalue weighted by molar-refractivity contribution is 5.33. The van der Waals surface area contributed by atoms with Crippen LogP contribution in [0.1, 0.15) is 26.1 Å². The van der Waals surface area contributed by atoms with Crippen LogP contribution in [0.5, 0.6) is 0 Å². The third-order valence-corrected chi connectivity index (χ3v) is 2.83. The van der Waals surface area contributed by atoms with Crippen molar-refractivity contribution in [3.05, 3.63) is 42.5 Å². The second kappa shape index (κ2) is 4.06. The molecule has 4 nitrogen and oxygen atoms in total. The van der Waals surface area contributed by atoms with Crippen molar-refractivity contribution in [1.82, 2.24) is 14.8 Å². The molecule has 2 rings (SSSR count). The third-order valence-electron chi connectivity index (χ3n) is 2.83. The second-order valence-electron chi connectivity index (χ2n) is 4.13. The maximum Gasteiger partial charge on any atom is 0.157 e. The maximum absolute atomic E-state index is 6.20. The molecule has 1 aromatic carbocycles. The predicted octanol–water partition coefficient (Wildman–Crippen LogP) is 1.85. The summed E-state index contributed by atoms with van der Waals surface area (Å²) in [6.07, 6.45) is 2.52. The number of nitrogens with two attached hydrogens (primary N) is 1. The Morgan fingerprint density at radius 3 is 2.62 bits per heavy atom. The first kappa shape index (κ1) is 10.8. The Morgan fingerprint density at radius 2 is 2.00 bits per heavy atom. The fourth-order valence-electron chi connectivity index (χ4n) is 1.56. The zero-order chi connectivity index (χ0) is 11.6. The summed E-state index contributed by atoms with van der Waals surface area (Å²) < 4.78 is 1.93. The van der Waals surface area contributed by atoms with Crippen molar-refractivity contribution in [2.24, 2.45) is 5.73 Å². The summed E-state index contributed by atoms with van der Waals surface area (Å²) >= 11 is 0. The van der Waals surface area contributed by atoms with Gasteiger partial charge in [-0.1, -0.05) is 25.1 Å². The van der Waals surface area contributed by atoms with Gasteiger partial charge in [0.05, 0.1) is 5.54 Å². The van der Waals surface area contributed by atoms with Crippen LogP contribution >= 0.6 is 0 Å². The average molecular weight is 216 g/mol. The van der Waals surface area contributed by atoms with Crippen LogP contribution in [0, 0.1) is 0 Å². The van der Waals surface area contributed by atoms with Crippen LogP contribution in [-0.2, 0) is 5.54 Å². The summed E-state index contributed by atoms with van der Waals surface area (Å²) in [5.41, 5.74) is 6.78. The van der Waals surface area contributed by atoms with Gasteiger partial charge in [0, 0.05) is 5.69 Å². The van der Waals surface area contributed by atoms with Crippen molar-refractivity contribution in [3.63, 3.8) is 0 Å². The Kier molecular flexibility index (Phi) is 2.75. The number of para-hydroxylation sites is 1. The average Bonchev–Trinajstić information content (AvgIpc) is 2.80. The monoisotopic (exact) mass is 216 g/mol. The number of nitrogens with zero attached hydrogens (tertiary/aromatic N) is 3. The fourth-order valence-corrected chi connectivity index (χ4v) is 1.56. The van der Waals surface area contributed by atoms with Gasteiger partial charge in [-0.15, -0.1) is 10.2 Å². The van der Waals surface area contributed by atoms with E-state index in [9.17, 15) is 0 Å². The quantitative estimate of drug-likeness (QED) is 0.851. The van der Waals surface area contributed by atoms with Crippen molar-refractivity contribution in [2.45, 2.75) is 25.8 Å². The zero-order valence-corrected chi connectivity index (χ0v) is 9.59. The highest BCUT2D eigenvalue weighted by atomic mass is 15.3. The molecule has 0 fully saturated rings. The van der Waals surface area contributed by atoms with E-state index >= 15 is 0 Å². The Bertz CT molecular complexity index is 459. The Hall–Kier alpha value is -1.68. The molecule has 2 aromatic rings. The van der Waals surface area contributed by atoms with Crippen molar-refractivity contribution < 1.29 is 0 Å². The van der Waals surface area contributed by atoms with Crippen LogP contribution < -0.4 is 5.73 Å². The van der Waals surface area contributed by atoms with Crippen LogP contribution in [0.4, 0.5) is 0 Å². The molecule has 16 heavy (non-hydrogen) atoms. The normalized spacial score (nSPS) is 14.7. The van der Waals surface area contributed by atoms with Gasteiger partial charge in [-0.3, -0.25) is 4.57 Å². The zero-order valence-electron chi connectivity index (χ0n) is 9.59. The SMILES string of the molecule is CCC(C)(N)c1nncn1-c1ccccc1. The predicted molar refractivity (Wildman–Crippen MR) is 63.2 cm³/mol. The number of benzene rings is 1. The van der Waals surface area contributed by atoms with Crippen LogP contribution in [0.25, 0.3) is 5.69 Å². The van der Waals surface area contributed by atoms with Crippen molar-refractivity contribution in [3.8, 4) is 5.69 Å². The summed E-state index contributed by atoms with van der Waals surface area (Å²) in [6.45, 7) is 4.01. The lowest BCUT2D eigenvalue weighted by Crippen LogP contribution is -2.35. The highest BCUT2D eigenvalue weighted by Crippen LogP contribution is 2.21. The van der Waals surface area contributed by atoms with Gasteiger partial charge in [-0.05, 0) is 25.5 Å². The minimum atomic E-state index is -0.452. The minimum Gasteiger partial charge on any atom is -0.319 e. The Labute approximate surface area is 95.1 Å². The lowest BCUT2D eigenvalue weighted by molar-refractivity contribution is 0.437. The molecule has 0 aliphatic carbocycles. The molecule has 0 bridgehead atoms. The largest absolute Gasteiger partial charge is 0.319 e. The molecule has 0 aliphatic rings. The van der Waals surface area contributed by atoms with Crippen LogP contribution in [0.3, 0.4) is 0 Å². The van der Waals surface area contributed by atoms with Gasteiger partial charge in [-0.25, -0.2) is 0 Å². The maximum atomic E-state index is 6.20. The number of aromatic nitrogens is 3. The summed E-state index contributed by atoms with van der Waals surface area (Å²) in [4.78, 5) is 0. The molecule has 0 saturated carbocycles. The molecule has 0 saturated heterocycles. The van der Waals surface area contributed by atoms with Crippen LogP contribution in [-0.4, -0.2) is 14.8 Å².